The van der Waals surface area contributed by atoms with Crippen molar-refractivity contribution in [2.24, 2.45) is 0 Å². The second-order valence-corrected chi connectivity index (χ2v) is 8.20. The summed E-state index contributed by atoms with van der Waals surface area (Å²) in [5.41, 5.74) is 9.16. The third kappa shape index (κ3) is 4.49. The lowest BCUT2D eigenvalue weighted by Gasteiger charge is -2.13. The summed E-state index contributed by atoms with van der Waals surface area (Å²) in [6.45, 7) is 0. The Kier molecular flexibility index (Phi) is 6.50. The van der Waals surface area contributed by atoms with Crippen molar-refractivity contribution in [1.29, 1.82) is 10.5 Å². The van der Waals surface area contributed by atoms with Crippen molar-refractivity contribution in [1.82, 2.24) is 9.97 Å². The van der Waals surface area contributed by atoms with E-state index in [1.54, 1.807) is 43.5 Å². The zero-order chi connectivity index (χ0) is 23.4. The molecule has 0 aliphatic carbocycles. The number of rotatable bonds is 6. The van der Waals surface area contributed by atoms with Gasteiger partial charge in [-0.05, 0) is 42.0 Å². The molecule has 0 atom stereocenters. The molecule has 0 unspecified atom stereocenters. The van der Waals surface area contributed by atoms with Crippen molar-refractivity contribution in [2.45, 2.75) is 10.8 Å². The quantitative estimate of drug-likeness (QED) is 0.354. The van der Waals surface area contributed by atoms with Gasteiger partial charge in [0.2, 0.25) is 0 Å². The van der Waals surface area contributed by atoms with E-state index in [4.69, 9.17) is 26.5 Å². The van der Waals surface area contributed by atoms with Crippen LogP contribution in [0, 0.1) is 22.7 Å². The Labute approximate surface area is 199 Å². The molecular weight excluding hydrogens is 458 g/mol. The van der Waals surface area contributed by atoms with Crippen LogP contribution in [-0.4, -0.2) is 17.1 Å². The number of nitrogen functional groups attached to an aromatic ring is 1. The van der Waals surface area contributed by atoms with Crippen molar-refractivity contribution in [3.63, 3.8) is 0 Å². The number of oxazole rings is 1. The average molecular weight is 474 g/mol. The average Bonchev–Trinajstić information content (AvgIpc) is 3.31. The highest BCUT2D eigenvalue weighted by Crippen LogP contribution is 2.38. The van der Waals surface area contributed by atoms with Gasteiger partial charge in [-0.15, -0.1) is 0 Å². The van der Waals surface area contributed by atoms with E-state index in [-0.39, 0.29) is 16.9 Å². The maximum Gasteiger partial charge on any atom is 0.181 e. The SMILES string of the molecule is COc1ccc(-c2c(C#N)c(N)nc(SCc3ncoc3-c3ccc(Cl)cc3)c2C#N)cc1. The summed E-state index contributed by atoms with van der Waals surface area (Å²) >= 11 is 7.27. The van der Waals surface area contributed by atoms with Gasteiger partial charge in [-0.3, -0.25) is 0 Å². The van der Waals surface area contributed by atoms with E-state index in [0.717, 1.165) is 5.56 Å². The minimum Gasteiger partial charge on any atom is -0.497 e. The number of hydrogen-bond acceptors (Lipinski definition) is 8. The zero-order valence-corrected chi connectivity index (χ0v) is 18.9. The molecule has 0 fully saturated rings. The molecule has 2 aromatic carbocycles. The number of halogens is 1. The van der Waals surface area contributed by atoms with Crippen LogP contribution in [0.4, 0.5) is 5.82 Å². The molecule has 0 amide bonds. The molecule has 2 aromatic heterocycles. The van der Waals surface area contributed by atoms with E-state index in [1.807, 2.05) is 12.1 Å². The molecule has 33 heavy (non-hydrogen) atoms. The maximum absolute atomic E-state index is 9.96. The molecule has 2 N–H and O–H groups in total. The molecule has 7 nitrogen and oxygen atoms in total. The first kappa shape index (κ1) is 22.2. The molecule has 0 spiro atoms. The lowest BCUT2D eigenvalue weighted by Crippen LogP contribution is -2.03. The van der Waals surface area contributed by atoms with Gasteiger partial charge < -0.3 is 14.9 Å². The van der Waals surface area contributed by atoms with Crippen LogP contribution in [0.3, 0.4) is 0 Å². The number of pyridine rings is 1. The maximum atomic E-state index is 9.96. The Bertz CT molecular complexity index is 1390. The van der Waals surface area contributed by atoms with Crippen molar-refractivity contribution < 1.29 is 9.15 Å². The number of thioether (sulfide) groups is 1. The van der Waals surface area contributed by atoms with Gasteiger partial charge in [0.15, 0.2) is 12.2 Å². The summed E-state index contributed by atoms with van der Waals surface area (Å²) in [6, 6.07) is 18.6. The molecule has 0 radical (unpaired) electrons. The third-order valence-corrected chi connectivity index (χ3v) is 6.13. The fourth-order valence-corrected chi connectivity index (χ4v) is 4.35. The Hall–Kier alpha value is -3.98. The molecule has 0 aliphatic heterocycles. The summed E-state index contributed by atoms with van der Waals surface area (Å²) < 4.78 is 10.8. The van der Waals surface area contributed by atoms with E-state index in [1.165, 1.54) is 18.2 Å². The van der Waals surface area contributed by atoms with E-state index in [9.17, 15) is 10.5 Å². The topological polar surface area (TPSA) is 122 Å². The largest absolute Gasteiger partial charge is 0.497 e. The van der Waals surface area contributed by atoms with Crippen LogP contribution in [0.2, 0.25) is 5.02 Å². The molecule has 0 bridgehead atoms. The fourth-order valence-electron chi connectivity index (χ4n) is 3.29. The van der Waals surface area contributed by atoms with E-state index < -0.39 is 0 Å². The van der Waals surface area contributed by atoms with Crippen LogP contribution >= 0.6 is 23.4 Å². The Morgan fingerprint density at radius 2 is 1.70 bits per heavy atom. The Morgan fingerprint density at radius 3 is 2.33 bits per heavy atom. The molecule has 0 saturated carbocycles. The number of methoxy groups -OCH3 is 1. The van der Waals surface area contributed by atoms with Crippen LogP contribution in [0.1, 0.15) is 16.8 Å². The summed E-state index contributed by atoms with van der Waals surface area (Å²) in [5, 5.41) is 20.7. The van der Waals surface area contributed by atoms with Crippen molar-refractivity contribution in [3.8, 4) is 40.3 Å². The van der Waals surface area contributed by atoms with Crippen LogP contribution in [-0.2, 0) is 5.75 Å². The van der Waals surface area contributed by atoms with Gasteiger partial charge in [0.05, 0.1) is 18.4 Å². The summed E-state index contributed by atoms with van der Waals surface area (Å²) in [5.74, 6) is 1.70. The highest BCUT2D eigenvalue weighted by Gasteiger charge is 2.21. The van der Waals surface area contributed by atoms with Crippen molar-refractivity contribution in [3.05, 3.63) is 76.8 Å². The van der Waals surface area contributed by atoms with Gasteiger partial charge in [-0.2, -0.15) is 10.5 Å². The van der Waals surface area contributed by atoms with Gasteiger partial charge in [-0.25, -0.2) is 9.97 Å². The van der Waals surface area contributed by atoms with Crippen LogP contribution in [0.5, 0.6) is 5.75 Å². The molecule has 0 aliphatic rings. The van der Waals surface area contributed by atoms with Crippen molar-refractivity contribution >= 4 is 29.2 Å². The Balaban J connectivity index is 1.72. The van der Waals surface area contributed by atoms with Gasteiger partial charge in [0.25, 0.3) is 0 Å². The molecule has 9 heteroatoms. The van der Waals surface area contributed by atoms with Gasteiger partial charge in [-0.1, -0.05) is 35.5 Å². The summed E-state index contributed by atoms with van der Waals surface area (Å²) in [4.78, 5) is 8.66. The number of nitrogens with two attached hydrogens (primary N) is 1. The number of anilines is 1. The molecular formula is C24H16ClN5O2S. The minimum absolute atomic E-state index is 0.0582. The number of nitriles is 2. The minimum atomic E-state index is 0.0582. The highest BCUT2D eigenvalue weighted by molar-refractivity contribution is 7.98. The second-order valence-electron chi connectivity index (χ2n) is 6.80. The number of ether oxygens (including phenoxy) is 1. The predicted octanol–water partition coefficient (Wildman–Crippen LogP) is 5.68. The molecule has 4 aromatic rings. The van der Waals surface area contributed by atoms with Crippen LogP contribution in [0.25, 0.3) is 22.5 Å². The molecule has 2 heterocycles. The number of benzene rings is 2. The molecule has 0 saturated heterocycles. The van der Waals surface area contributed by atoms with E-state index >= 15 is 0 Å². The molecule has 162 valence electrons. The monoisotopic (exact) mass is 473 g/mol. The molecule has 4 rings (SSSR count). The second kappa shape index (κ2) is 9.66. The lowest BCUT2D eigenvalue weighted by atomic mass is 9.97. The fraction of sp³-hybridized carbons (Fsp3) is 0.0833. The van der Waals surface area contributed by atoms with Crippen LogP contribution < -0.4 is 10.5 Å². The summed E-state index contributed by atoms with van der Waals surface area (Å²) in [6.07, 6.45) is 1.37. The van der Waals surface area contributed by atoms with Gasteiger partial charge in [0, 0.05) is 21.9 Å². The van der Waals surface area contributed by atoms with E-state index in [0.29, 0.717) is 44.1 Å². The van der Waals surface area contributed by atoms with Crippen LogP contribution in [0.15, 0.2) is 64.4 Å². The van der Waals surface area contributed by atoms with E-state index in [2.05, 4.69) is 22.1 Å². The van der Waals surface area contributed by atoms with Crippen molar-refractivity contribution in [2.75, 3.05) is 12.8 Å². The first-order valence-corrected chi connectivity index (χ1v) is 11.0. The predicted molar refractivity (Wildman–Crippen MR) is 127 cm³/mol. The lowest BCUT2D eigenvalue weighted by molar-refractivity contribution is 0.415. The Morgan fingerprint density at radius 1 is 1.03 bits per heavy atom. The first-order valence-electron chi connectivity index (χ1n) is 9.65. The van der Waals surface area contributed by atoms with Gasteiger partial charge in [0.1, 0.15) is 34.3 Å². The first-order chi connectivity index (χ1) is 16.0. The third-order valence-electron chi connectivity index (χ3n) is 4.89. The standard InChI is InChI=1S/C24H16ClN5O2S/c1-31-17-8-4-14(5-9-17)21-18(10-26)23(28)30-24(19(21)11-27)33-12-20-22(32-13-29-20)15-2-6-16(25)7-3-15/h2-9,13H,12H2,1H3,(H2,28,30). The number of aromatic nitrogens is 2. The highest BCUT2D eigenvalue weighted by atomic mass is 35.5. The zero-order valence-electron chi connectivity index (χ0n) is 17.4. The smallest absolute Gasteiger partial charge is 0.181 e. The normalized spacial score (nSPS) is 10.4. The number of nitrogens with zero attached hydrogens (tertiary/aromatic N) is 4. The summed E-state index contributed by atoms with van der Waals surface area (Å²) in [7, 11) is 1.57. The van der Waals surface area contributed by atoms with Gasteiger partial charge >= 0.3 is 0 Å². The number of hydrogen-bond donors (Lipinski definition) is 1.